The molecule has 5 N–H and O–H groups in total. The van der Waals surface area contributed by atoms with Crippen molar-refractivity contribution >= 4 is 43.7 Å². The lowest BCUT2D eigenvalue weighted by atomic mass is 10.1. The Balaban J connectivity index is 0.000000438. The minimum absolute atomic E-state index is 0.0169. The molecule has 3 rings (SSSR count). The normalized spacial score (nSPS) is 11.4. The highest BCUT2D eigenvalue weighted by molar-refractivity contribution is 7.89. The van der Waals surface area contributed by atoms with E-state index in [4.69, 9.17) is 10.8 Å². The number of carbonyl (C=O) groups is 2. The van der Waals surface area contributed by atoms with Gasteiger partial charge in [0.05, 0.1) is 11.4 Å². The van der Waals surface area contributed by atoms with Crippen molar-refractivity contribution < 1.29 is 23.1 Å². The second-order valence-corrected chi connectivity index (χ2v) is 8.34. The van der Waals surface area contributed by atoms with E-state index in [1.165, 1.54) is 25.2 Å². The molecule has 0 radical (unpaired) electrons. The van der Waals surface area contributed by atoms with Gasteiger partial charge in [-0.1, -0.05) is 6.92 Å². The van der Waals surface area contributed by atoms with Gasteiger partial charge in [0.15, 0.2) is 0 Å². The van der Waals surface area contributed by atoms with E-state index in [0.29, 0.717) is 28.2 Å². The fourth-order valence-electron chi connectivity index (χ4n) is 2.68. The molecule has 0 aliphatic carbocycles. The van der Waals surface area contributed by atoms with Crippen molar-refractivity contribution in [2.24, 2.45) is 5.73 Å². The first kappa shape index (κ1) is 22.1. The number of likely N-dealkylation sites (N-methyl/N-ethyl adjacent to an activating group) is 1. The lowest BCUT2D eigenvalue weighted by Gasteiger charge is -2.15. The first-order valence-electron chi connectivity index (χ1n) is 8.67. The van der Waals surface area contributed by atoms with E-state index in [1.807, 2.05) is 6.92 Å². The maximum atomic E-state index is 12.5. The van der Waals surface area contributed by atoms with Gasteiger partial charge in [0.25, 0.3) is 5.56 Å². The van der Waals surface area contributed by atoms with Gasteiger partial charge in [0.1, 0.15) is 5.52 Å². The van der Waals surface area contributed by atoms with Gasteiger partial charge in [-0.2, -0.15) is 4.31 Å². The summed E-state index contributed by atoms with van der Waals surface area (Å²) in [7, 11) is -2.58. The summed E-state index contributed by atoms with van der Waals surface area (Å²) in [4.78, 5) is 38.0. The summed E-state index contributed by atoms with van der Waals surface area (Å²) in [5.74, 6) is -1.45. The quantitative estimate of drug-likeness (QED) is 0.462. The van der Waals surface area contributed by atoms with Crippen LogP contribution in [0.1, 0.15) is 19.8 Å². The largest absolute Gasteiger partial charge is 0.481 e. The number of hydrogen-bond donors (Lipinski definition) is 4. The van der Waals surface area contributed by atoms with Crippen molar-refractivity contribution in [2.75, 3.05) is 13.6 Å². The number of aromatic amines is 2. The molecule has 0 spiro atoms. The maximum absolute atomic E-state index is 12.5. The standard InChI is InChI=1S/C14H14N4O4S.C4H8O2/c1-18(7-12(15)19)23(21,22)8-2-3-11-10(6-8)9-4-5-16-13(9)14(20)17-11;1-2-3-4(5)6/h2-6,16H,7H2,1H3,(H2,15,19)(H,17,20);2-3H2,1H3,(H,5,6). The Bertz CT molecular complexity index is 1210. The van der Waals surface area contributed by atoms with Crippen LogP contribution in [0.15, 0.2) is 40.2 Å². The zero-order valence-electron chi connectivity index (χ0n) is 15.9. The predicted molar refractivity (Wildman–Crippen MR) is 108 cm³/mol. The highest BCUT2D eigenvalue weighted by atomic mass is 32.2. The summed E-state index contributed by atoms with van der Waals surface area (Å²) in [6, 6.07) is 6.07. The van der Waals surface area contributed by atoms with Crippen LogP contribution in [-0.4, -0.2) is 53.3 Å². The Morgan fingerprint density at radius 2 is 1.90 bits per heavy atom. The van der Waals surface area contributed by atoms with Crippen LogP contribution in [0.2, 0.25) is 0 Å². The summed E-state index contributed by atoms with van der Waals surface area (Å²) in [5, 5.41) is 9.13. The van der Waals surface area contributed by atoms with E-state index < -0.39 is 28.4 Å². The number of primary amides is 1. The Morgan fingerprint density at radius 3 is 2.45 bits per heavy atom. The molecular weight excluding hydrogens is 400 g/mol. The number of nitrogens with one attached hydrogen (secondary N) is 2. The van der Waals surface area contributed by atoms with Crippen molar-refractivity contribution in [3.63, 3.8) is 0 Å². The van der Waals surface area contributed by atoms with E-state index >= 15 is 0 Å². The molecule has 0 unspecified atom stereocenters. The molecule has 0 bridgehead atoms. The molecule has 156 valence electrons. The maximum Gasteiger partial charge on any atom is 0.303 e. The van der Waals surface area contributed by atoms with Crippen molar-refractivity contribution in [3.05, 3.63) is 40.8 Å². The number of carbonyl (C=O) groups excluding carboxylic acids is 1. The number of benzene rings is 1. The molecule has 0 aliphatic heterocycles. The summed E-state index contributed by atoms with van der Waals surface area (Å²) in [6.45, 7) is 1.43. The Morgan fingerprint density at radius 1 is 1.21 bits per heavy atom. The van der Waals surface area contributed by atoms with Crippen molar-refractivity contribution in [3.8, 4) is 0 Å². The molecule has 29 heavy (non-hydrogen) atoms. The number of fused-ring (bicyclic) bond motifs is 3. The molecule has 1 amide bonds. The van der Waals surface area contributed by atoms with Crippen LogP contribution in [0.5, 0.6) is 0 Å². The smallest absolute Gasteiger partial charge is 0.303 e. The van der Waals surface area contributed by atoms with Gasteiger partial charge in [0.2, 0.25) is 15.9 Å². The van der Waals surface area contributed by atoms with E-state index in [9.17, 15) is 22.8 Å². The third kappa shape index (κ3) is 5.00. The van der Waals surface area contributed by atoms with Gasteiger partial charge >= 0.3 is 5.97 Å². The number of hydrogen-bond acceptors (Lipinski definition) is 5. The number of sulfonamides is 1. The molecule has 10 nitrogen and oxygen atoms in total. The third-order valence-corrected chi connectivity index (χ3v) is 5.85. The van der Waals surface area contributed by atoms with E-state index in [2.05, 4.69) is 9.97 Å². The minimum atomic E-state index is -3.86. The zero-order chi connectivity index (χ0) is 21.8. The first-order chi connectivity index (χ1) is 13.6. The number of aromatic nitrogens is 2. The second-order valence-electron chi connectivity index (χ2n) is 6.30. The molecule has 0 atom stereocenters. The Hall–Kier alpha value is -3.18. The summed E-state index contributed by atoms with van der Waals surface area (Å²) >= 11 is 0. The van der Waals surface area contributed by atoms with Gasteiger partial charge in [0, 0.05) is 36.0 Å². The van der Waals surface area contributed by atoms with Crippen molar-refractivity contribution in [1.82, 2.24) is 14.3 Å². The summed E-state index contributed by atoms with van der Waals surface area (Å²) in [6.07, 6.45) is 2.63. The van der Waals surface area contributed by atoms with E-state index in [1.54, 1.807) is 12.3 Å². The van der Waals surface area contributed by atoms with Gasteiger partial charge in [-0.15, -0.1) is 0 Å². The lowest BCUT2D eigenvalue weighted by molar-refractivity contribution is -0.137. The average Bonchev–Trinajstić information content (AvgIpc) is 3.12. The molecule has 0 saturated carbocycles. The molecule has 1 aromatic carbocycles. The molecule has 11 heteroatoms. The van der Waals surface area contributed by atoms with Gasteiger partial charge in [-0.25, -0.2) is 8.42 Å². The number of carboxylic acids is 1. The molecule has 0 aliphatic rings. The molecule has 0 fully saturated rings. The molecule has 0 saturated heterocycles. The van der Waals surface area contributed by atoms with Gasteiger partial charge in [-0.05, 0) is 30.7 Å². The number of carboxylic acid groups (broad SMARTS) is 1. The number of rotatable bonds is 6. The summed E-state index contributed by atoms with van der Waals surface area (Å²) in [5.41, 5.74) is 5.67. The predicted octanol–water partition coefficient (Wildman–Crippen LogP) is 0.986. The van der Waals surface area contributed by atoms with Crippen LogP contribution in [-0.2, 0) is 19.6 Å². The number of amides is 1. The highest BCUT2D eigenvalue weighted by Crippen LogP contribution is 2.24. The first-order valence-corrected chi connectivity index (χ1v) is 10.1. The van der Waals surface area contributed by atoms with Crippen LogP contribution in [0.4, 0.5) is 0 Å². The van der Waals surface area contributed by atoms with E-state index in [0.717, 1.165) is 10.7 Å². The second kappa shape index (κ2) is 8.88. The number of nitrogens with zero attached hydrogens (tertiary/aromatic N) is 1. The summed E-state index contributed by atoms with van der Waals surface area (Å²) < 4.78 is 25.9. The average molecular weight is 422 g/mol. The molecule has 3 aromatic rings. The number of aliphatic carboxylic acids is 1. The number of pyridine rings is 1. The Kier molecular flexibility index (Phi) is 6.77. The fraction of sp³-hybridized carbons (Fsp3) is 0.278. The van der Waals surface area contributed by atoms with Crippen LogP contribution < -0.4 is 11.3 Å². The SMILES string of the molecule is CCCC(=O)O.CN(CC(N)=O)S(=O)(=O)c1ccc2[nH]c(=O)c3[nH]ccc3c2c1. The zero-order valence-corrected chi connectivity index (χ0v) is 16.7. The van der Waals surface area contributed by atoms with Crippen LogP contribution in [0.3, 0.4) is 0 Å². The molecular formula is C18H22N4O6S. The topological polar surface area (TPSA) is 166 Å². The number of nitrogens with two attached hydrogens (primary N) is 1. The van der Waals surface area contributed by atoms with Crippen LogP contribution in [0, 0.1) is 0 Å². The number of H-pyrrole nitrogens is 2. The van der Waals surface area contributed by atoms with Crippen LogP contribution in [0.25, 0.3) is 21.8 Å². The Labute approximate surface area is 166 Å². The van der Waals surface area contributed by atoms with Crippen LogP contribution >= 0.6 is 0 Å². The molecule has 2 aromatic heterocycles. The van der Waals surface area contributed by atoms with Gasteiger partial charge < -0.3 is 20.8 Å². The minimum Gasteiger partial charge on any atom is -0.481 e. The van der Waals surface area contributed by atoms with E-state index in [-0.39, 0.29) is 10.5 Å². The third-order valence-electron chi connectivity index (χ3n) is 4.05. The van der Waals surface area contributed by atoms with Crippen molar-refractivity contribution in [2.45, 2.75) is 24.7 Å². The highest BCUT2D eigenvalue weighted by Gasteiger charge is 2.23. The van der Waals surface area contributed by atoms with Gasteiger partial charge in [-0.3, -0.25) is 14.4 Å². The monoisotopic (exact) mass is 422 g/mol. The lowest BCUT2D eigenvalue weighted by Crippen LogP contribution is -2.35. The van der Waals surface area contributed by atoms with Crippen molar-refractivity contribution in [1.29, 1.82) is 0 Å². The fourth-order valence-corrected chi connectivity index (χ4v) is 3.84. The molecule has 2 heterocycles.